The molecule has 0 radical (unpaired) electrons. The highest BCUT2D eigenvalue weighted by Gasteiger charge is 2.18. The molecule has 0 amide bonds. The second-order valence-corrected chi connectivity index (χ2v) is 9.69. The van der Waals surface area contributed by atoms with Crippen LogP contribution >= 0.6 is 0 Å². The highest BCUT2D eigenvalue weighted by molar-refractivity contribution is 7.93. The Balaban J connectivity index is 1.33. The zero-order valence-electron chi connectivity index (χ0n) is 18.7. The van der Waals surface area contributed by atoms with Gasteiger partial charge in [0, 0.05) is 35.9 Å². The first-order valence-electron chi connectivity index (χ1n) is 11.0. The lowest BCUT2D eigenvalue weighted by molar-refractivity contribution is 0.122. The number of aryl methyl sites for hydroxylation is 1. The predicted molar refractivity (Wildman–Crippen MR) is 134 cm³/mol. The van der Waals surface area contributed by atoms with Crippen LogP contribution in [0.5, 0.6) is 0 Å². The first-order valence-corrected chi connectivity index (χ1v) is 12.5. The number of benzene rings is 3. The fourth-order valence-electron chi connectivity index (χ4n) is 3.98. The van der Waals surface area contributed by atoms with Crippen molar-refractivity contribution in [3.05, 3.63) is 78.6 Å². The number of sulfonamides is 1. The average molecular weight is 476 g/mol. The number of nitrogens with one attached hydrogen (secondary N) is 2. The first-order chi connectivity index (χ1) is 16.5. The van der Waals surface area contributed by atoms with E-state index in [1.54, 1.807) is 24.3 Å². The van der Waals surface area contributed by atoms with Gasteiger partial charge in [-0.15, -0.1) is 0 Å². The summed E-state index contributed by atoms with van der Waals surface area (Å²) >= 11 is 0. The molecule has 3 aromatic carbocycles. The van der Waals surface area contributed by atoms with Crippen molar-refractivity contribution in [1.82, 2.24) is 9.97 Å². The molecule has 2 heterocycles. The van der Waals surface area contributed by atoms with Gasteiger partial charge >= 0.3 is 0 Å². The summed E-state index contributed by atoms with van der Waals surface area (Å²) in [6, 6.07) is 21.7. The molecule has 4 aromatic rings. The number of hydrogen-bond acceptors (Lipinski definition) is 7. The van der Waals surface area contributed by atoms with Crippen molar-refractivity contribution < 1.29 is 13.2 Å². The second kappa shape index (κ2) is 9.28. The third-order valence-electron chi connectivity index (χ3n) is 5.61. The zero-order valence-corrected chi connectivity index (χ0v) is 19.5. The maximum atomic E-state index is 13.1. The van der Waals surface area contributed by atoms with Gasteiger partial charge in [0.1, 0.15) is 17.5 Å². The highest BCUT2D eigenvalue weighted by atomic mass is 32.2. The van der Waals surface area contributed by atoms with Gasteiger partial charge < -0.3 is 15.0 Å². The maximum Gasteiger partial charge on any atom is 0.262 e. The van der Waals surface area contributed by atoms with E-state index in [0.29, 0.717) is 35.9 Å². The van der Waals surface area contributed by atoms with Gasteiger partial charge in [0.25, 0.3) is 10.0 Å². The van der Waals surface area contributed by atoms with E-state index in [1.165, 1.54) is 0 Å². The van der Waals surface area contributed by atoms with Crippen LogP contribution in [-0.4, -0.2) is 44.7 Å². The number of anilines is 4. The van der Waals surface area contributed by atoms with Crippen molar-refractivity contribution in [1.29, 1.82) is 0 Å². The number of fused-ring (bicyclic) bond motifs is 1. The molecular formula is C25H25N5O3S. The summed E-state index contributed by atoms with van der Waals surface area (Å²) in [5.74, 6) is 2.21. The lowest BCUT2D eigenvalue weighted by Crippen LogP contribution is -2.36. The van der Waals surface area contributed by atoms with Crippen molar-refractivity contribution in [3.8, 4) is 0 Å². The Morgan fingerprint density at radius 3 is 2.38 bits per heavy atom. The third-order valence-corrected chi connectivity index (χ3v) is 7.05. The Bertz CT molecular complexity index is 1410. The van der Waals surface area contributed by atoms with Crippen LogP contribution in [0.25, 0.3) is 10.8 Å². The molecule has 0 atom stereocenters. The van der Waals surface area contributed by atoms with Gasteiger partial charge in [0.2, 0.25) is 0 Å². The van der Waals surface area contributed by atoms with E-state index in [-0.39, 0.29) is 4.90 Å². The topological polar surface area (TPSA) is 96.5 Å². The number of aromatic nitrogens is 2. The maximum absolute atomic E-state index is 13.1. The molecule has 2 N–H and O–H groups in total. The SMILES string of the molecule is Cc1nc(Nc2ccc(NS(=O)(=O)c3cccc4ccccc34)cc2)cc(N2CCOCC2)n1. The normalized spacial score (nSPS) is 14.2. The molecule has 1 aromatic heterocycles. The predicted octanol–water partition coefficient (Wildman–Crippen LogP) is 4.32. The van der Waals surface area contributed by atoms with Gasteiger partial charge in [-0.05, 0) is 42.6 Å². The van der Waals surface area contributed by atoms with Crippen LogP contribution in [0.1, 0.15) is 5.82 Å². The minimum Gasteiger partial charge on any atom is -0.378 e. The Labute approximate surface area is 198 Å². The molecule has 0 aliphatic carbocycles. The number of morpholine rings is 1. The summed E-state index contributed by atoms with van der Waals surface area (Å²) in [5, 5.41) is 4.85. The van der Waals surface area contributed by atoms with Crippen molar-refractivity contribution in [3.63, 3.8) is 0 Å². The van der Waals surface area contributed by atoms with Crippen molar-refractivity contribution in [2.45, 2.75) is 11.8 Å². The second-order valence-electron chi connectivity index (χ2n) is 8.04. The van der Waals surface area contributed by atoms with E-state index in [1.807, 2.05) is 55.5 Å². The summed E-state index contributed by atoms with van der Waals surface area (Å²) in [7, 11) is -3.74. The van der Waals surface area contributed by atoms with Gasteiger partial charge in [0.05, 0.1) is 18.1 Å². The third kappa shape index (κ3) is 4.80. The van der Waals surface area contributed by atoms with Gasteiger partial charge in [-0.3, -0.25) is 4.72 Å². The molecule has 1 aliphatic rings. The quantitative estimate of drug-likeness (QED) is 0.429. The Kier molecular flexibility index (Phi) is 6.04. The van der Waals surface area contributed by atoms with E-state index >= 15 is 0 Å². The molecule has 8 nitrogen and oxygen atoms in total. The Morgan fingerprint density at radius 1 is 0.882 bits per heavy atom. The Morgan fingerprint density at radius 2 is 1.59 bits per heavy atom. The first kappa shape index (κ1) is 22.1. The van der Waals surface area contributed by atoms with E-state index < -0.39 is 10.0 Å². The molecule has 174 valence electrons. The fourth-order valence-corrected chi connectivity index (χ4v) is 5.27. The molecule has 0 saturated carbocycles. The van der Waals surface area contributed by atoms with E-state index in [0.717, 1.165) is 30.0 Å². The summed E-state index contributed by atoms with van der Waals surface area (Å²) in [5.41, 5.74) is 1.27. The summed E-state index contributed by atoms with van der Waals surface area (Å²) in [6.07, 6.45) is 0. The molecular weight excluding hydrogens is 450 g/mol. The van der Waals surface area contributed by atoms with Crippen LogP contribution in [0.4, 0.5) is 23.0 Å². The molecule has 1 aliphatic heterocycles. The van der Waals surface area contributed by atoms with Crippen LogP contribution in [0.3, 0.4) is 0 Å². The fraction of sp³-hybridized carbons (Fsp3) is 0.200. The number of rotatable bonds is 6. The van der Waals surface area contributed by atoms with Gasteiger partial charge in [-0.2, -0.15) is 0 Å². The van der Waals surface area contributed by atoms with E-state index in [4.69, 9.17) is 4.74 Å². The number of hydrogen-bond donors (Lipinski definition) is 2. The molecule has 1 fully saturated rings. The van der Waals surface area contributed by atoms with Crippen molar-refractivity contribution in [2.75, 3.05) is 41.2 Å². The molecule has 0 unspecified atom stereocenters. The minimum absolute atomic E-state index is 0.250. The minimum atomic E-state index is -3.74. The van der Waals surface area contributed by atoms with Crippen LogP contribution < -0.4 is 14.9 Å². The van der Waals surface area contributed by atoms with Crippen LogP contribution in [0, 0.1) is 6.92 Å². The monoisotopic (exact) mass is 475 g/mol. The summed E-state index contributed by atoms with van der Waals surface area (Å²) < 4.78 is 34.2. The summed E-state index contributed by atoms with van der Waals surface area (Å²) in [6.45, 7) is 4.81. The lowest BCUT2D eigenvalue weighted by atomic mass is 10.1. The Hall–Kier alpha value is -3.69. The largest absolute Gasteiger partial charge is 0.378 e. The van der Waals surface area contributed by atoms with Gasteiger partial charge in [-0.25, -0.2) is 18.4 Å². The smallest absolute Gasteiger partial charge is 0.262 e. The van der Waals surface area contributed by atoms with Gasteiger partial charge in [0.15, 0.2) is 0 Å². The molecule has 1 saturated heterocycles. The molecule has 34 heavy (non-hydrogen) atoms. The zero-order chi connectivity index (χ0) is 23.5. The van der Waals surface area contributed by atoms with Crippen LogP contribution in [-0.2, 0) is 14.8 Å². The lowest BCUT2D eigenvalue weighted by Gasteiger charge is -2.28. The summed E-state index contributed by atoms with van der Waals surface area (Å²) in [4.78, 5) is 11.5. The number of nitrogens with zero attached hydrogens (tertiary/aromatic N) is 3. The molecule has 5 rings (SSSR count). The van der Waals surface area contributed by atoms with Gasteiger partial charge in [-0.1, -0.05) is 36.4 Å². The van der Waals surface area contributed by atoms with Crippen LogP contribution in [0.15, 0.2) is 77.7 Å². The number of ether oxygens (including phenoxy) is 1. The molecule has 0 spiro atoms. The van der Waals surface area contributed by atoms with E-state index in [9.17, 15) is 8.42 Å². The van der Waals surface area contributed by atoms with Crippen LogP contribution in [0.2, 0.25) is 0 Å². The van der Waals surface area contributed by atoms with E-state index in [2.05, 4.69) is 24.9 Å². The molecule has 0 bridgehead atoms. The average Bonchev–Trinajstić information content (AvgIpc) is 2.85. The van der Waals surface area contributed by atoms with Crippen molar-refractivity contribution >= 4 is 43.8 Å². The standard InChI is InChI=1S/C25H25N5O3S/c1-18-26-24(17-25(27-18)30-13-15-33-16-14-30)28-20-9-11-21(12-10-20)29-34(31,32)23-8-4-6-19-5-2-3-7-22(19)23/h2-12,17,29H,13-16H2,1H3,(H,26,27,28). The highest BCUT2D eigenvalue weighted by Crippen LogP contribution is 2.26. The van der Waals surface area contributed by atoms with Crippen molar-refractivity contribution in [2.24, 2.45) is 0 Å². The molecule has 9 heteroatoms.